The van der Waals surface area contributed by atoms with E-state index in [9.17, 15) is 4.79 Å². The van der Waals surface area contributed by atoms with E-state index >= 15 is 0 Å². The summed E-state index contributed by atoms with van der Waals surface area (Å²) < 4.78 is 11.3. The van der Waals surface area contributed by atoms with Crippen molar-refractivity contribution < 1.29 is 14.3 Å². The molecule has 92 valence electrons. The Morgan fingerprint density at radius 1 is 1.41 bits per heavy atom. The molecular weight excluding hydrogens is 218 g/mol. The fourth-order valence-electron chi connectivity index (χ4n) is 1.62. The van der Waals surface area contributed by atoms with Crippen LogP contribution in [0.3, 0.4) is 0 Å². The summed E-state index contributed by atoms with van der Waals surface area (Å²) in [4.78, 5) is 11.7. The van der Waals surface area contributed by atoms with E-state index in [-0.39, 0.29) is 5.91 Å². The van der Waals surface area contributed by atoms with Crippen LogP contribution in [0.25, 0.3) is 0 Å². The second-order valence-electron chi connectivity index (χ2n) is 4.55. The molecule has 1 aromatic carbocycles. The number of carbonyl (C=O) groups is 1. The number of benzene rings is 1. The molecule has 1 aliphatic rings. The van der Waals surface area contributed by atoms with Crippen molar-refractivity contribution in [3.63, 3.8) is 0 Å². The highest BCUT2D eigenvalue weighted by molar-refractivity contribution is 6.00. The molecule has 1 aromatic rings. The van der Waals surface area contributed by atoms with Gasteiger partial charge in [-0.05, 0) is 32.4 Å². The number of hydrogen-bond acceptors (Lipinski definition) is 3. The summed E-state index contributed by atoms with van der Waals surface area (Å²) >= 11 is 0. The maximum Gasteiger partial charge on any atom is 0.268 e. The molecule has 0 aromatic heterocycles. The average Bonchev–Trinajstić information content (AvgIpc) is 2.28. The van der Waals surface area contributed by atoms with Crippen molar-refractivity contribution in [1.82, 2.24) is 0 Å². The van der Waals surface area contributed by atoms with Gasteiger partial charge in [-0.15, -0.1) is 0 Å². The van der Waals surface area contributed by atoms with Gasteiger partial charge < -0.3 is 14.8 Å². The molecule has 0 radical (unpaired) electrons. The molecule has 1 aliphatic heterocycles. The highest BCUT2D eigenvalue weighted by Crippen LogP contribution is 2.41. The van der Waals surface area contributed by atoms with Crippen LogP contribution in [0, 0.1) is 0 Å². The Hall–Kier alpha value is -1.71. The maximum atomic E-state index is 11.7. The van der Waals surface area contributed by atoms with Crippen molar-refractivity contribution in [3.8, 4) is 11.5 Å². The molecule has 0 aliphatic carbocycles. The zero-order valence-electron chi connectivity index (χ0n) is 10.4. The Morgan fingerprint density at radius 2 is 2.18 bits per heavy atom. The number of fused-ring (bicyclic) bond motifs is 1. The molecule has 4 heteroatoms. The fourth-order valence-corrected chi connectivity index (χ4v) is 1.62. The van der Waals surface area contributed by atoms with Gasteiger partial charge in [-0.25, -0.2) is 0 Å². The Labute approximate surface area is 101 Å². The van der Waals surface area contributed by atoms with Crippen LogP contribution in [0.1, 0.15) is 27.2 Å². The number of anilines is 1. The van der Waals surface area contributed by atoms with Crippen LogP contribution in [0.15, 0.2) is 18.2 Å². The molecule has 0 atom stereocenters. The highest BCUT2D eigenvalue weighted by Gasteiger charge is 2.36. The van der Waals surface area contributed by atoms with Crippen molar-refractivity contribution in [3.05, 3.63) is 18.2 Å². The van der Waals surface area contributed by atoms with Crippen LogP contribution in [0.4, 0.5) is 5.69 Å². The van der Waals surface area contributed by atoms with Gasteiger partial charge in [0.15, 0.2) is 17.1 Å². The Kier molecular flexibility index (Phi) is 2.96. The lowest BCUT2D eigenvalue weighted by Gasteiger charge is -2.32. The highest BCUT2D eigenvalue weighted by atomic mass is 16.5. The molecule has 0 unspecified atom stereocenters. The number of carbonyl (C=O) groups excluding carboxylic acids is 1. The quantitative estimate of drug-likeness (QED) is 0.876. The van der Waals surface area contributed by atoms with E-state index < -0.39 is 5.60 Å². The molecule has 0 bridgehead atoms. The van der Waals surface area contributed by atoms with Gasteiger partial charge >= 0.3 is 0 Å². The number of ether oxygens (including phenoxy) is 2. The topological polar surface area (TPSA) is 47.6 Å². The zero-order chi connectivity index (χ0) is 12.5. The molecule has 1 amide bonds. The lowest BCUT2D eigenvalue weighted by molar-refractivity contribution is -0.129. The van der Waals surface area contributed by atoms with E-state index in [1.54, 1.807) is 19.9 Å². The predicted octanol–water partition coefficient (Wildman–Crippen LogP) is 2.58. The Balaban J connectivity index is 2.34. The Morgan fingerprint density at radius 3 is 2.88 bits per heavy atom. The normalized spacial score (nSPS) is 16.8. The van der Waals surface area contributed by atoms with E-state index in [1.165, 1.54) is 0 Å². The zero-order valence-corrected chi connectivity index (χ0v) is 10.4. The fraction of sp³-hybridized carbons (Fsp3) is 0.462. The number of amides is 1. The monoisotopic (exact) mass is 235 g/mol. The minimum atomic E-state index is -0.862. The van der Waals surface area contributed by atoms with E-state index in [4.69, 9.17) is 9.47 Å². The standard InChI is InChI=1S/C13H17NO3/c1-4-8-16-10-7-5-6-9-11(10)17-13(2,3)12(15)14-9/h5-7H,4,8H2,1-3H3,(H,14,15). The third-order valence-electron chi connectivity index (χ3n) is 2.59. The van der Waals surface area contributed by atoms with E-state index in [0.29, 0.717) is 23.8 Å². The molecule has 0 saturated carbocycles. The van der Waals surface area contributed by atoms with Crippen molar-refractivity contribution in [2.75, 3.05) is 11.9 Å². The van der Waals surface area contributed by atoms with Crippen molar-refractivity contribution in [2.45, 2.75) is 32.8 Å². The third-order valence-corrected chi connectivity index (χ3v) is 2.59. The second-order valence-corrected chi connectivity index (χ2v) is 4.55. The molecule has 0 saturated heterocycles. The van der Waals surface area contributed by atoms with Crippen LogP contribution in [-0.4, -0.2) is 18.1 Å². The van der Waals surface area contributed by atoms with Gasteiger partial charge in [-0.1, -0.05) is 13.0 Å². The van der Waals surface area contributed by atoms with Crippen LogP contribution in [-0.2, 0) is 4.79 Å². The first kappa shape index (κ1) is 11.8. The van der Waals surface area contributed by atoms with Crippen molar-refractivity contribution >= 4 is 11.6 Å². The molecular formula is C13H17NO3. The first-order valence-corrected chi connectivity index (χ1v) is 5.81. The van der Waals surface area contributed by atoms with Gasteiger partial charge in [0.2, 0.25) is 0 Å². The first-order chi connectivity index (χ1) is 8.04. The number of hydrogen-bond donors (Lipinski definition) is 1. The molecule has 4 nitrogen and oxygen atoms in total. The molecule has 2 rings (SSSR count). The molecule has 0 spiro atoms. The van der Waals surface area contributed by atoms with Gasteiger partial charge in [0.25, 0.3) is 5.91 Å². The SMILES string of the molecule is CCCOc1cccc2c1OC(C)(C)C(=O)N2. The molecule has 0 fully saturated rings. The minimum Gasteiger partial charge on any atom is -0.490 e. The smallest absolute Gasteiger partial charge is 0.268 e. The summed E-state index contributed by atoms with van der Waals surface area (Å²) in [7, 11) is 0. The van der Waals surface area contributed by atoms with Crippen LogP contribution in [0.5, 0.6) is 11.5 Å². The number of rotatable bonds is 3. The maximum absolute atomic E-state index is 11.7. The molecule has 1 heterocycles. The summed E-state index contributed by atoms with van der Waals surface area (Å²) in [6.45, 7) is 6.15. The summed E-state index contributed by atoms with van der Waals surface area (Å²) in [5, 5.41) is 2.82. The van der Waals surface area contributed by atoms with Gasteiger partial charge in [0.1, 0.15) is 0 Å². The van der Waals surface area contributed by atoms with Gasteiger partial charge in [-0.3, -0.25) is 4.79 Å². The van der Waals surface area contributed by atoms with E-state index in [1.807, 2.05) is 19.1 Å². The van der Waals surface area contributed by atoms with E-state index in [2.05, 4.69) is 5.32 Å². The number of para-hydroxylation sites is 1. The third kappa shape index (κ3) is 2.20. The predicted molar refractivity (Wildman–Crippen MR) is 65.6 cm³/mol. The van der Waals surface area contributed by atoms with E-state index in [0.717, 1.165) is 6.42 Å². The summed E-state index contributed by atoms with van der Waals surface area (Å²) in [6.07, 6.45) is 0.930. The number of nitrogens with one attached hydrogen (secondary N) is 1. The summed E-state index contributed by atoms with van der Waals surface area (Å²) in [5.74, 6) is 1.15. The largest absolute Gasteiger partial charge is 0.490 e. The summed E-state index contributed by atoms with van der Waals surface area (Å²) in [5.41, 5.74) is -0.193. The van der Waals surface area contributed by atoms with Crippen molar-refractivity contribution in [2.24, 2.45) is 0 Å². The van der Waals surface area contributed by atoms with Crippen LogP contribution in [0.2, 0.25) is 0 Å². The lowest BCUT2D eigenvalue weighted by atomic mass is 10.1. The van der Waals surface area contributed by atoms with Gasteiger partial charge in [-0.2, -0.15) is 0 Å². The first-order valence-electron chi connectivity index (χ1n) is 5.81. The minimum absolute atomic E-state index is 0.141. The van der Waals surface area contributed by atoms with Gasteiger partial charge in [0, 0.05) is 0 Å². The van der Waals surface area contributed by atoms with Crippen molar-refractivity contribution in [1.29, 1.82) is 0 Å². The molecule has 1 N–H and O–H groups in total. The Bertz CT molecular complexity index is 440. The second kappa shape index (κ2) is 4.28. The lowest BCUT2D eigenvalue weighted by Crippen LogP contribution is -2.45. The van der Waals surface area contributed by atoms with Crippen LogP contribution >= 0.6 is 0 Å². The van der Waals surface area contributed by atoms with Gasteiger partial charge in [0.05, 0.1) is 12.3 Å². The summed E-state index contributed by atoms with van der Waals surface area (Å²) in [6, 6.07) is 5.50. The molecule has 17 heavy (non-hydrogen) atoms. The van der Waals surface area contributed by atoms with Crippen LogP contribution < -0.4 is 14.8 Å². The average molecular weight is 235 g/mol.